The molecule has 0 aromatic heterocycles. The van der Waals surface area contributed by atoms with E-state index in [1.807, 2.05) is 0 Å². The van der Waals surface area contributed by atoms with Crippen LogP contribution in [0.3, 0.4) is 0 Å². The van der Waals surface area contributed by atoms with Crippen LogP contribution in [0, 0.1) is 0 Å². The molecule has 0 aliphatic carbocycles. The Balaban J connectivity index is 2.28. The van der Waals surface area contributed by atoms with Crippen molar-refractivity contribution in [2.24, 2.45) is 5.73 Å². The summed E-state index contributed by atoms with van der Waals surface area (Å²) in [5, 5.41) is 41.0. The van der Waals surface area contributed by atoms with Crippen molar-refractivity contribution in [1.82, 2.24) is 5.32 Å². The summed E-state index contributed by atoms with van der Waals surface area (Å²) >= 11 is 0. The molecule has 114 valence electrons. The van der Waals surface area contributed by atoms with E-state index in [0.29, 0.717) is 13.1 Å². The molecule has 7 heteroatoms. The van der Waals surface area contributed by atoms with Gasteiger partial charge in [0, 0.05) is 0 Å². The molecule has 1 fully saturated rings. The van der Waals surface area contributed by atoms with E-state index in [1.165, 1.54) is 0 Å². The van der Waals surface area contributed by atoms with Crippen molar-refractivity contribution in [1.29, 1.82) is 0 Å². The van der Waals surface area contributed by atoms with E-state index in [2.05, 4.69) is 5.32 Å². The number of aliphatic hydroxyl groups excluding tert-OH is 4. The molecule has 1 heterocycles. The molecule has 1 rings (SSSR count). The maximum absolute atomic E-state index is 9.77. The van der Waals surface area contributed by atoms with Gasteiger partial charge in [0.05, 0.1) is 6.61 Å². The second-order valence-corrected chi connectivity index (χ2v) is 4.91. The third kappa shape index (κ3) is 4.96. The maximum atomic E-state index is 9.77. The summed E-state index contributed by atoms with van der Waals surface area (Å²) in [5.74, 6) is 0. The van der Waals surface area contributed by atoms with Crippen LogP contribution in [0.15, 0.2) is 0 Å². The second kappa shape index (κ2) is 8.80. The number of ether oxygens (including phenoxy) is 1. The zero-order valence-corrected chi connectivity index (χ0v) is 11.1. The molecule has 0 amide bonds. The molecule has 0 bridgehead atoms. The largest absolute Gasteiger partial charge is 0.394 e. The van der Waals surface area contributed by atoms with Gasteiger partial charge in [-0.15, -0.1) is 0 Å². The molecule has 0 radical (unpaired) electrons. The van der Waals surface area contributed by atoms with Crippen molar-refractivity contribution in [2.75, 3.05) is 19.7 Å². The maximum Gasteiger partial charge on any atom is 0.137 e. The molecule has 1 saturated heterocycles. The molecule has 5 atom stereocenters. The molecule has 0 saturated carbocycles. The van der Waals surface area contributed by atoms with Gasteiger partial charge in [0.1, 0.15) is 30.6 Å². The minimum absolute atomic E-state index is 0.403. The minimum Gasteiger partial charge on any atom is -0.394 e. The summed E-state index contributed by atoms with van der Waals surface area (Å²) in [4.78, 5) is 0. The van der Waals surface area contributed by atoms with Crippen LogP contribution in [0.4, 0.5) is 0 Å². The van der Waals surface area contributed by atoms with Gasteiger partial charge < -0.3 is 30.9 Å². The average molecular weight is 278 g/mol. The lowest BCUT2D eigenvalue weighted by molar-refractivity contribution is -0.236. The van der Waals surface area contributed by atoms with Gasteiger partial charge in [0.15, 0.2) is 0 Å². The van der Waals surface area contributed by atoms with E-state index in [0.717, 1.165) is 25.7 Å². The van der Waals surface area contributed by atoms with E-state index in [1.54, 1.807) is 0 Å². The molecule has 0 aromatic carbocycles. The Labute approximate surface area is 113 Å². The van der Waals surface area contributed by atoms with E-state index in [-0.39, 0.29) is 0 Å². The van der Waals surface area contributed by atoms with E-state index >= 15 is 0 Å². The zero-order valence-electron chi connectivity index (χ0n) is 11.1. The van der Waals surface area contributed by atoms with Gasteiger partial charge >= 0.3 is 0 Å². The van der Waals surface area contributed by atoms with Crippen LogP contribution < -0.4 is 11.1 Å². The molecular formula is C12H26N2O5. The van der Waals surface area contributed by atoms with Gasteiger partial charge in [-0.05, 0) is 25.9 Å². The van der Waals surface area contributed by atoms with Crippen LogP contribution in [0.25, 0.3) is 0 Å². The highest BCUT2D eigenvalue weighted by molar-refractivity contribution is 4.90. The molecule has 0 aromatic rings. The Bertz CT molecular complexity index is 242. The van der Waals surface area contributed by atoms with Crippen molar-refractivity contribution in [2.45, 2.75) is 56.3 Å². The number of nitrogens with one attached hydrogen (secondary N) is 1. The Kier molecular flexibility index (Phi) is 7.77. The summed E-state index contributed by atoms with van der Waals surface area (Å²) in [5.41, 5.74) is 5.39. The third-order valence-corrected chi connectivity index (χ3v) is 3.37. The van der Waals surface area contributed by atoms with Gasteiger partial charge in [-0.3, -0.25) is 5.32 Å². The molecule has 19 heavy (non-hydrogen) atoms. The van der Waals surface area contributed by atoms with Gasteiger partial charge in [0.2, 0.25) is 0 Å². The Hall–Kier alpha value is -0.280. The van der Waals surface area contributed by atoms with Gasteiger partial charge in [-0.1, -0.05) is 12.8 Å². The molecule has 7 nitrogen and oxygen atoms in total. The number of hydrogen-bond acceptors (Lipinski definition) is 7. The van der Waals surface area contributed by atoms with Gasteiger partial charge in [-0.2, -0.15) is 0 Å². The van der Waals surface area contributed by atoms with E-state index in [4.69, 9.17) is 15.6 Å². The quantitative estimate of drug-likeness (QED) is 0.280. The van der Waals surface area contributed by atoms with Crippen LogP contribution in [0.2, 0.25) is 0 Å². The highest BCUT2D eigenvalue weighted by Gasteiger charge is 2.42. The van der Waals surface area contributed by atoms with E-state index in [9.17, 15) is 15.3 Å². The van der Waals surface area contributed by atoms with Crippen molar-refractivity contribution in [3.63, 3.8) is 0 Å². The number of hydrogen-bond donors (Lipinski definition) is 6. The second-order valence-electron chi connectivity index (χ2n) is 4.91. The smallest absolute Gasteiger partial charge is 0.137 e. The molecule has 1 aliphatic heterocycles. The fourth-order valence-corrected chi connectivity index (χ4v) is 2.14. The summed E-state index contributed by atoms with van der Waals surface area (Å²) in [6, 6.07) is 0. The topological polar surface area (TPSA) is 128 Å². The first-order valence-electron chi connectivity index (χ1n) is 6.85. The fourth-order valence-electron chi connectivity index (χ4n) is 2.14. The van der Waals surface area contributed by atoms with Crippen LogP contribution in [-0.4, -0.2) is 70.8 Å². The normalized spacial score (nSPS) is 35.5. The minimum atomic E-state index is -1.32. The SMILES string of the molecule is NCCCCCCNC1O[C@H](CO)[C@@H](O)[C@H](O)[C@H]1O. The lowest BCUT2D eigenvalue weighted by atomic mass is 9.98. The number of aliphatic hydroxyl groups is 4. The predicted octanol–water partition coefficient (Wildman–Crippen LogP) is -2.10. The fraction of sp³-hybridized carbons (Fsp3) is 1.00. The Morgan fingerprint density at radius 3 is 2.26 bits per heavy atom. The third-order valence-electron chi connectivity index (χ3n) is 3.37. The van der Waals surface area contributed by atoms with E-state index < -0.39 is 37.3 Å². The summed E-state index contributed by atoms with van der Waals surface area (Å²) < 4.78 is 5.32. The number of rotatable bonds is 8. The molecule has 7 N–H and O–H groups in total. The standard InChI is InChI=1S/C12H26N2O5/c13-5-3-1-2-4-6-14-12-11(18)10(17)9(16)8(7-15)19-12/h8-12,14-18H,1-7,13H2/t8-,9-,10+,11-,12?/m1/s1. The summed E-state index contributed by atoms with van der Waals surface area (Å²) in [7, 11) is 0. The summed E-state index contributed by atoms with van der Waals surface area (Å²) in [6.45, 7) is 0.924. The van der Waals surface area contributed by atoms with Gasteiger partial charge in [0.25, 0.3) is 0 Å². The molecule has 0 spiro atoms. The first kappa shape index (κ1) is 16.8. The first-order chi connectivity index (χ1) is 9.11. The summed E-state index contributed by atoms with van der Waals surface area (Å²) in [6.07, 6.45) is -1.45. The number of nitrogens with two attached hydrogens (primary N) is 1. The van der Waals surface area contributed by atoms with Crippen molar-refractivity contribution in [3.8, 4) is 0 Å². The van der Waals surface area contributed by atoms with Gasteiger partial charge in [-0.25, -0.2) is 0 Å². The van der Waals surface area contributed by atoms with Crippen LogP contribution >= 0.6 is 0 Å². The van der Waals surface area contributed by atoms with Crippen molar-refractivity contribution >= 4 is 0 Å². The predicted molar refractivity (Wildman–Crippen MR) is 69.3 cm³/mol. The molecule has 1 unspecified atom stereocenters. The first-order valence-corrected chi connectivity index (χ1v) is 6.85. The van der Waals surface area contributed by atoms with Crippen LogP contribution in [-0.2, 0) is 4.74 Å². The van der Waals surface area contributed by atoms with Crippen LogP contribution in [0.5, 0.6) is 0 Å². The molecule has 1 aliphatic rings. The average Bonchev–Trinajstić information content (AvgIpc) is 2.42. The Morgan fingerprint density at radius 2 is 1.63 bits per heavy atom. The molecular weight excluding hydrogens is 252 g/mol. The van der Waals surface area contributed by atoms with Crippen molar-refractivity contribution in [3.05, 3.63) is 0 Å². The number of unbranched alkanes of at least 4 members (excludes halogenated alkanes) is 3. The monoisotopic (exact) mass is 278 g/mol. The highest BCUT2D eigenvalue weighted by Crippen LogP contribution is 2.19. The van der Waals surface area contributed by atoms with Crippen LogP contribution in [0.1, 0.15) is 25.7 Å². The zero-order chi connectivity index (χ0) is 14.3. The van der Waals surface area contributed by atoms with Crippen molar-refractivity contribution < 1.29 is 25.2 Å². The lowest BCUT2D eigenvalue weighted by Gasteiger charge is -2.40. The highest BCUT2D eigenvalue weighted by atomic mass is 16.6. The Morgan fingerprint density at radius 1 is 0.947 bits per heavy atom. The lowest BCUT2D eigenvalue weighted by Crippen LogP contribution is -2.62.